The summed E-state index contributed by atoms with van der Waals surface area (Å²) in [6, 6.07) is 4.60. The largest absolute Gasteiger partial charge is 0.454 e. The lowest BCUT2D eigenvalue weighted by Crippen LogP contribution is -2.54. The highest BCUT2D eigenvalue weighted by Crippen LogP contribution is 2.33. The number of carbonyl (C=O) groups is 2. The van der Waals surface area contributed by atoms with Gasteiger partial charge in [-0.2, -0.15) is 0 Å². The molecule has 3 rings (SSSR count). The maximum Gasteiger partial charge on any atom is 0.231 e. The van der Waals surface area contributed by atoms with Gasteiger partial charge in [-0.25, -0.2) is 0 Å². The highest BCUT2D eigenvalue weighted by Gasteiger charge is 2.32. The lowest BCUT2D eigenvalue weighted by atomic mass is 9.99. The molecule has 0 spiro atoms. The summed E-state index contributed by atoms with van der Waals surface area (Å²) in [6.07, 6.45) is 0. The average Bonchev–Trinajstić information content (AvgIpc) is 2.99. The number of aliphatic hydroxyl groups excluding tert-OH is 1. The Labute approximate surface area is 140 Å². The van der Waals surface area contributed by atoms with Crippen LogP contribution in [0.25, 0.3) is 0 Å². The van der Waals surface area contributed by atoms with Gasteiger partial charge in [0, 0.05) is 25.7 Å². The van der Waals surface area contributed by atoms with Crippen LogP contribution in [0.3, 0.4) is 0 Å². The molecular formula is C16H22N2O6. The minimum absolute atomic E-state index is 0.00958. The topological polar surface area (TPSA) is 108 Å². The van der Waals surface area contributed by atoms with Crippen molar-refractivity contribution in [1.82, 2.24) is 10.2 Å². The number of Topliss-reactive ketones (excluding diaryl/α,β-unsaturated/α-hetero) is 1. The standard InChI is InChI=1S/C15H18N2O4.CH4O2/c1-9(17(2)15(19)11-6-16-7-11)14(18)10-3-4-12-13(5-10)21-8-20-12;2-1-3/h3-5,9,11,16H,6-8H2,1-2H3;2-3H,1H2. The van der Waals surface area contributed by atoms with Crippen LogP contribution in [0, 0.1) is 5.92 Å². The first kappa shape index (κ1) is 18.2. The molecule has 2 aliphatic rings. The van der Waals surface area contributed by atoms with Crippen LogP contribution in [0.2, 0.25) is 0 Å². The smallest absolute Gasteiger partial charge is 0.231 e. The van der Waals surface area contributed by atoms with Crippen LogP contribution in [-0.4, -0.2) is 66.6 Å². The van der Waals surface area contributed by atoms with E-state index >= 15 is 0 Å². The van der Waals surface area contributed by atoms with E-state index in [2.05, 4.69) is 5.32 Å². The summed E-state index contributed by atoms with van der Waals surface area (Å²) in [5.41, 5.74) is 0.526. The molecule has 8 nitrogen and oxygen atoms in total. The second-order valence-electron chi connectivity index (χ2n) is 5.55. The summed E-state index contributed by atoms with van der Waals surface area (Å²) in [6.45, 7) is 2.55. The fourth-order valence-corrected chi connectivity index (χ4v) is 2.41. The summed E-state index contributed by atoms with van der Waals surface area (Å²) in [5, 5.41) is 17.3. The first-order valence-corrected chi connectivity index (χ1v) is 7.62. The summed E-state index contributed by atoms with van der Waals surface area (Å²) < 4.78 is 10.5. The van der Waals surface area contributed by atoms with Crippen LogP contribution < -0.4 is 14.8 Å². The van der Waals surface area contributed by atoms with Crippen LogP contribution in [0.15, 0.2) is 18.2 Å². The number of aliphatic hydroxyl groups is 2. The van der Waals surface area contributed by atoms with Gasteiger partial charge in [0.05, 0.1) is 12.0 Å². The fourth-order valence-electron chi connectivity index (χ4n) is 2.41. The van der Waals surface area contributed by atoms with Crippen LogP contribution in [-0.2, 0) is 4.79 Å². The van der Waals surface area contributed by atoms with Crippen LogP contribution >= 0.6 is 0 Å². The van der Waals surface area contributed by atoms with E-state index in [0.717, 1.165) is 0 Å². The molecule has 1 saturated heterocycles. The van der Waals surface area contributed by atoms with Crippen molar-refractivity contribution >= 4 is 11.7 Å². The number of benzene rings is 1. The Morgan fingerprint density at radius 1 is 1.29 bits per heavy atom. The maximum atomic E-state index is 12.5. The molecule has 2 heterocycles. The van der Waals surface area contributed by atoms with Gasteiger partial charge in [0.15, 0.2) is 17.3 Å². The number of ether oxygens (including phenoxy) is 2. The molecule has 24 heavy (non-hydrogen) atoms. The van der Waals surface area contributed by atoms with E-state index in [0.29, 0.717) is 30.2 Å². The number of amides is 1. The molecular weight excluding hydrogens is 316 g/mol. The lowest BCUT2D eigenvalue weighted by Gasteiger charge is -2.33. The first-order chi connectivity index (χ1) is 11.5. The molecule has 1 fully saturated rings. The van der Waals surface area contributed by atoms with Gasteiger partial charge in [0.25, 0.3) is 0 Å². The Morgan fingerprint density at radius 3 is 2.50 bits per heavy atom. The zero-order valence-electron chi connectivity index (χ0n) is 13.7. The van der Waals surface area contributed by atoms with E-state index < -0.39 is 12.8 Å². The molecule has 0 bridgehead atoms. The number of rotatable bonds is 4. The number of hydrogen-bond donors (Lipinski definition) is 3. The average molecular weight is 338 g/mol. The normalized spacial score (nSPS) is 16.5. The monoisotopic (exact) mass is 338 g/mol. The number of hydrogen-bond acceptors (Lipinski definition) is 7. The van der Waals surface area contributed by atoms with Gasteiger partial charge in [-0.3, -0.25) is 9.59 Å². The molecule has 1 amide bonds. The summed E-state index contributed by atoms with van der Waals surface area (Å²) in [5.74, 6) is 1.11. The van der Waals surface area contributed by atoms with Crippen molar-refractivity contribution in [3.63, 3.8) is 0 Å². The van der Waals surface area contributed by atoms with Crippen molar-refractivity contribution in [2.24, 2.45) is 5.92 Å². The van der Waals surface area contributed by atoms with Crippen molar-refractivity contribution < 1.29 is 29.3 Å². The van der Waals surface area contributed by atoms with E-state index in [9.17, 15) is 9.59 Å². The van der Waals surface area contributed by atoms with E-state index in [1.807, 2.05) is 0 Å². The third-order valence-electron chi connectivity index (χ3n) is 4.10. The summed E-state index contributed by atoms with van der Waals surface area (Å²) in [4.78, 5) is 26.2. The highest BCUT2D eigenvalue weighted by atomic mass is 16.7. The number of nitrogens with one attached hydrogen (secondary N) is 1. The van der Waals surface area contributed by atoms with Crippen LogP contribution in [0.1, 0.15) is 17.3 Å². The molecule has 3 N–H and O–H groups in total. The molecule has 0 radical (unpaired) electrons. The number of carbonyl (C=O) groups excluding carboxylic acids is 2. The molecule has 132 valence electrons. The Balaban J connectivity index is 0.000000647. The quantitative estimate of drug-likeness (QED) is 0.506. The summed E-state index contributed by atoms with van der Waals surface area (Å²) in [7, 11) is 1.68. The third-order valence-corrected chi connectivity index (χ3v) is 4.10. The molecule has 1 aromatic carbocycles. The fraction of sp³-hybridized carbons (Fsp3) is 0.500. The van der Waals surface area contributed by atoms with E-state index in [1.165, 1.54) is 4.90 Å². The van der Waals surface area contributed by atoms with Gasteiger partial charge in [0.2, 0.25) is 12.7 Å². The predicted molar refractivity (Wildman–Crippen MR) is 84.8 cm³/mol. The molecule has 0 aromatic heterocycles. The van der Waals surface area contributed by atoms with Crippen molar-refractivity contribution in [2.45, 2.75) is 13.0 Å². The van der Waals surface area contributed by atoms with E-state index in [1.54, 1.807) is 32.2 Å². The second-order valence-corrected chi connectivity index (χ2v) is 5.55. The predicted octanol–water partition coefficient (Wildman–Crippen LogP) is -0.407. The number of likely N-dealkylation sites (N-methyl/N-ethyl adjacent to an activating group) is 1. The van der Waals surface area contributed by atoms with Gasteiger partial charge in [-0.15, -0.1) is 0 Å². The molecule has 0 aliphatic carbocycles. The van der Waals surface area contributed by atoms with E-state index in [-0.39, 0.29) is 24.4 Å². The van der Waals surface area contributed by atoms with Crippen molar-refractivity contribution in [3.8, 4) is 11.5 Å². The SMILES string of the molecule is CC(C(=O)c1ccc2c(c1)OCO2)N(C)C(=O)C1CNC1.OCO. The molecule has 1 atom stereocenters. The Kier molecular flexibility index (Phi) is 6.13. The molecule has 0 saturated carbocycles. The Hall–Kier alpha value is -2.16. The van der Waals surface area contributed by atoms with Gasteiger partial charge in [-0.05, 0) is 25.1 Å². The molecule has 1 aromatic rings. The van der Waals surface area contributed by atoms with Gasteiger partial charge < -0.3 is 29.9 Å². The van der Waals surface area contributed by atoms with Crippen molar-refractivity contribution in [2.75, 3.05) is 33.7 Å². The van der Waals surface area contributed by atoms with Crippen molar-refractivity contribution in [1.29, 1.82) is 0 Å². The zero-order valence-corrected chi connectivity index (χ0v) is 13.7. The van der Waals surface area contributed by atoms with E-state index in [4.69, 9.17) is 19.7 Å². The molecule has 1 unspecified atom stereocenters. The minimum Gasteiger partial charge on any atom is -0.454 e. The first-order valence-electron chi connectivity index (χ1n) is 7.62. The van der Waals surface area contributed by atoms with Gasteiger partial charge in [0.1, 0.15) is 6.79 Å². The van der Waals surface area contributed by atoms with Crippen LogP contribution in [0.4, 0.5) is 0 Å². The molecule has 2 aliphatic heterocycles. The number of ketones is 1. The highest BCUT2D eigenvalue weighted by molar-refractivity contribution is 6.02. The van der Waals surface area contributed by atoms with Crippen LogP contribution in [0.5, 0.6) is 11.5 Å². The molecule has 8 heteroatoms. The van der Waals surface area contributed by atoms with Gasteiger partial charge in [-0.1, -0.05) is 0 Å². The number of nitrogens with zero attached hydrogens (tertiary/aromatic N) is 1. The third kappa shape index (κ3) is 3.84. The van der Waals surface area contributed by atoms with Gasteiger partial charge >= 0.3 is 0 Å². The summed E-state index contributed by atoms with van der Waals surface area (Å²) >= 11 is 0. The Morgan fingerprint density at radius 2 is 1.92 bits per heavy atom. The Bertz CT molecular complexity index is 602. The number of fused-ring (bicyclic) bond motifs is 1. The maximum absolute atomic E-state index is 12.5. The zero-order chi connectivity index (χ0) is 17.7. The lowest BCUT2D eigenvalue weighted by molar-refractivity contribution is -0.136. The van der Waals surface area contributed by atoms with Crippen molar-refractivity contribution in [3.05, 3.63) is 23.8 Å². The minimum atomic E-state index is -0.750. The second kappa shape index (κ2) is 8.09.